The summed E-state index contributed by atoms with van der Waals surface area (Å²) in [4.78, 5) is 13.8. The number of rotatable bonds is 16. The summed E-state index contributed by atoms with van der Waals surface area (Å²) in [6.45, 7) is 20.4. The summed E-state index contributed by atoms with van der Waals surface area (Å²) < 4.78 is 17.1. The molecule has 0 N–H and O–H groups in total. The Morgan fingerprint density at radius 2 is 1.31 bits per heavy atom. The van der Waals surface area contributed by atoms with Crippen molar-refractivity contribution >= 4 is 25.3 Å². The fraction of sp³-hybridized carbons (Fsp3) is 0.952. The Labute approximate surface area is 186 Å². The van der Waals surface area contributed by atoms with Gasteiger partial charge in [-0.3, -0.25) is 4.79 Å². The van der Waals surface area contributed by atoms with Crippen LogP contribution in [0.2, 0.25) is 0 Å². The van der Waals surface area contributed by atoms with E-state index in [1.54, 1.807) is 0 Å². The normalized spacial score (nSPS) is 12.9. The van der Waals surface area contributed by atoms with Crippen molar-refractivity contribution in [3.8, 4) is 0 Å². The third kappa shape index (κ3) is 12.6. The number of hydrogen-bond donors (Lipinski definition) is 0. The van der Waals surface area contributed by atoms with E-state index in [1.165, 1.54) is 11.8 Å². The Hall–Kier alpha value is 0.250. The second-order valence-corrected chi connectivity index (χ2v) is 11.4. The average Bonchev–Trinajstić information content (AvgIpc) is 2.57. The predicted molar refractivity (Wildman–Crippen MR) is 129 cm³/mol. The van der Waals surface area contributed by atoms with Crippen molar-refractivity contribution in [3.05, 3.63) is 0 Å². The molecule has 0 fully saturated rings. The Morgan fingerprint density at radius 1 is 0.828 bits per heavy atom. The molecule has 0 aromatic rings. The first-order valence-corrected chi connectivity index (χ1v) is 13.0. The molecule has 8 heteroatoms. The monoisotopic (exact) mass is 451 g/mol. The van der Waals surface area contributed by atoms with Crippen LogP contribution in [0.1, 0.15) is 61.8 Å². The molecule has 0 rings (SSSR count). The zero-order valence-electron chi connectivity index (χ0n) is 20.5. The van der Waals surface area contributed by atoms with Gasteiger partial charge in [-0.25, -0.2) is 9.34 Å². The van der Waals surface area contributed by atoms with Gasteiger partial charge in [-0.1, -0.05) is 11.8 Å². The zero-order valence-corrected chi connectivity index (χ0v) is 22.2. The van der Waals surface area contributed by atoms with Gasteiger partial charge in [0.25, 0.3) is 0 Å². The van der Waals surface area contributed by atoms with Crippen molar-refractivity contribution in [1.82, 2.24) is 14.2 Å². The molecule has 0 bridgehead atoms. The first-order valence-electron chi connectivity index (χ1n) is 10.9. The van der Waals surface area contributed by atoms with E-state index in [2.05, 4.69) is 64.7 Å². The molecule has 0 radical (unpaired) electrons. The molecule has 0 saturated heterocycles. The summed E-state index contributed by atoms with van der Waals surface area (Å²) in [6, 6.07) is 1.64. The minimum absolute atomic E-state index is 0.232. The standard InChI is InChI=1S/C21H46N3O3PS/c1-17(2)23(18(3)4)28(24(19(5)6)20(7)8)27-14-13-26-15-16-29-21(25)11-12-22(9)10/h17-20H,11-16H2,1-10H3. The van der Waals surface area contributed by atoms with Crippen LogP contribution in [0, 0.1) is 0 Å². The maximum absolute atomic E-state index is 11.8. The van der Waals surface area contributed by atoms with E-state index in [4.69, 9.17) is 9.26 Å². The lowest BCUT2D eigenvalue weighted by molar-refractivity contribution is -0.111. The van der Waals surface area contributed by atoms with Gasteiger partial charge >= 0.3 is 0 Å². The van der Waals surface area contributed by atoms with E-state index in [9.17, 15) is 4.79 Å². The van der Waals surface area contributed by atoms with Crippen molar-refractivity contribution in [2.75, 3.05) is 46.2 Å². The molecule has 0 amide bonds. The van der Waals surface area contributed by atoms with Gasteiger partial charge in [0, 0.05) is 42.9 Å². The minimum atomic E-state index is -0.869. The summed E-state index contributed by atoms with van der Waals surface area (Å²) in [5, 5.41) is 0.232. The van der Waals surface area contributed by atoms with E-state index < -0.39 is 8.45 Å². The second kappa shape index (κ2) is 16.0. The molecule has 0 aromatic heterocycles. The van der Waals surface area contributed by atoms with Crippen molar-refractivity contribution < 1.29 is 14.1 Å². The highest BCUT2D eigenvalue weighted by Gasteiger charge is 2.34. The number of carbonyl (C=O) groups excluding carboxylic acids is 1. The first kappa shape index (κ1) is 29.2. The van der Waals surface area contributed by atoms with Crippen molar-refractivity contribution in [2.45, 2.75) is 86.0 Å². The van der Waals surface area contributed by atoms with Crippen LogP contribution in [0.15, 0.2) is 0 Å². The lowest BCUT2D eigenvalue weighted by atomic mass is 10.3. The minimum Gasteiger partial charge on any atom is -0.378 e. The SMILES string of the molecule is CC(C)N(C(C)C)P(OCCOCCSC(=O)CCN(C)C)N(C(C)C)C(C)C. The van der Waals surface area contributed by atoms with Crippen LogP contribution in [0.5, 0.6) is 0 Å². The van der Waals surface area contributed by atoms with Gasteiger partial charge in [0.05, 0.1) is 19.8 Å². The van der Waals surface area contributed by atoms with Crippen LogP contribution >= 0.6 is 20.2 Å². The van der Waals surface area contributed by atoms with Crippen LogP contribution < -0.4 is 0 Å². The number of hydrogen-bond acceptors (Lipinski definition) is 7. The molecule has 174 valence electrons. The van der Waals surface area contributed by atoms with E-state index in [0.29, 0.717) is 56.2 Å². The fourth-order valence-corrected chi connectivity index (χ4v) is 6.10. The maximum atomic E-state index is 11.8. The van der Waals surface area contributed by atoms with Gasteiger partial charge in [-0.2, -0.15) is 0 Å². The molecule has 0 atom stereocenters. The van der Waals surface area contributed by atoms with Crippen LogP contribution in [0.4, 0.5) is 0 Å². The van der Waals surface area contributed by atoms with Gasteiger partial charge in [-0.15, -0.1) is 0 Å². The third-order valence-corrected chi connectivity index (χ3v) is 8.15. The van der Waals surface area contributed by atoms with E-state index >= 15 is 0 Å². The molecule has 6 nitrogen and oxygen atoms in total. The Morgan fingerprint density at radius 3 is 1.72 bits per heavy atom. The third-order valence-electron chi connectivity index (χ3n) is 4.20. The summed E-state index contributed by atoms with van der Waals surface area (Å²) >= 11 is 1.36. The Balaban J connectivity index is 4.52. The van der Waals surface area contributed by atoms with Gasteiger partial charge in [0.1, 0.15) is 0 Å². The van der Waals surface area contributed by atoms with Gasteiger partial charge in [0.2, 0.25) is 0 Å². The van der Waals surface area contributed by atoms with E-state index in [-0.39, 0.29) is 5.12 Å². The fourth-order valence-electron chi connectivity index (χ4n) is 3.12. The van der Waals surface area contributed by atoms with Crippen LogP contribution in [-0.4, -0.2) is 89.7 Å². The molecule has 0 unspecified atom stereocenters. The molecule has 0 aliphatic carbocycles. The van der Waals surface area contributed by atoms with E-state index in [1.807, 2.05) is 19.0 Å². The van der Waals surface area contributed by atoms with Crippen LogP contribution in [-0.2, 0) is 14.1 Å². The topological polar surface area (TPSA) is 45.3 Å². The highest BCUT2D eigenvalue weighted by atomic mass is 32.2. The second-order valence-electron chi connectivity index (χ2n) is 8.61. The quantitative estimate of drug-likeness (QED) is 0.249. The molecule has 0 aromatic carbocycles. The van der Waals surface area contributed by atoms with Crippen molar-refractivity contribution in [1.29, 1.82) is 0 Å². The average molecular weight is 452 g/mol. The van der Waals surface area contributed by atoms with Gasteiger partial charge in [-0.05, 0) is 69.5 Å². The zero-order chi connectivity index (χ0) is 22.6. The smallest absolute Gasteiger partial charge is 0.190 e. The number of ether oxygens (including phenoxy) is 1. The summed E-state index contributed by atoms with van der Waals surface area (Å²) in [5.74, 6) is 0.704. The highest BCUT2D eigenvalue weighted by molar-refractivity contribution is 8.13. The molecular formula is C21H46N3O3PS. The molecular weight excluding hydrogens is 405 g/mol. The number of thioether (sulfide) groups is 1. The number of carbonyl (C=O) groups is 1. The largest absolute Gasteiger partial charge is 0.378 e. The number of nitrogens with zero attached hydrogens (tertiary/aromatic N) is 3. The molecule has 0 aliphatic rings. The van der Waals surface area contributed by atoms with Crippen LogP contribution in [0.3, 0.4) is 0 Å². The molecule has 29 heavy (non-hydrogen) atoms. The summed E-state index contributed by atoms with van der Waals surface area (Å²) in [6.07, 6.45) is 0.589. The van der Waals surface area contributed by atoms with Crippen LogP contribution in [0.25, 0.3) is 0 Å². The van der Waals surface area contributed by atoms with Crippen molar-refractivity contribution in [3.63, 3.8) is 0 Å². The predicted octanol–water partition coefficient (Wildman–Crippen LogP) is 4.70. The highest BCUT2D eigenvalue weighted by Crippen LogP contribution is 2.50. The first-order chi connectivity index (χ1) is 13.5. The summed E-state index contributed by atoms with van der Waals surface area (Å²) in [7, 11) is 3.09. The molecule has 0 aliphatic heterocycles. The molecule has 0 heterocycles. The lowest BCUT2D eigenvalue weighted by Crippen LogP contribution is -2.43. The lowest BCUT2D eigenvalue weighted by Gasteiger charge is -2.45. The Bertz CT molecular complexity index is 401. The Kier molecular flexibility index (Phi) is 16.1. The summed E-state index contributed by atoms with van der Waals surface area (Å²) in [5.41, 5.74) is 0. The van der Waals surface area contributed by atoms with Gasteiger partial charge < -0.3 is 14.2 Å². The van der Waals surface area contributed by atoms with Crippen molar-refractivity contribution in [2.24, 2.45) is 0 Å². The molecule has 0 spiro atoms. The maximum Gasteiger partial charge on any atom is 0.190 e. The molecule has 0 saturated carbocycles. The van der Waals surface area contributed by atoms with E-state index in [0.717, 1.165) is 6.54 Å². The van der Waals surface area contributed by atoms with Gasteiger partial charge in [0.15, 0.2) is 13.6 Å².